The molecule has 0 spiro atoms. The van der Waals surface area contributed by atoms with Gasteiger partial charge in [-0.1, -0.05) is 19.8 Å². The molecule has 1 aromatic heterocycles. The fourth-order valence-corrected chi connectivity index (χ4v) is 4.13. The molecule has 112 valence electrons. The Kier molecular flexibility index (Phi) is 5.08. The van der Waals surface area contributed by atoms with E-state index in [1.54, 1.807) is 0 Å². The largest absolute Gasteiger partial charge is 0.308 e. The van der Waals surface area contributed by atoms with Gasteiger partial charge in [0, 0.05) is 18.0 Å². The van der Waals surface area contributed by atoms with E-state index in [9.17, 15) is 0 Å². The van der Waals surface area contributed by atoms with Gasteiger partial charge in [-0.15, -0.1) is 11.3 Å². The Balaban J connectivity index is 1.44. The van der Waals surface area contributed by atoms with Gasteiger partial charge in [-0.2, -0.15) is 0 Å². The van der Waals surface area contributed by atoms with Crippen LogP contribution in [-0.2, 0) is 13.1 Å². The second-order valence-electron chi connectivity index (χ2n) is 6.55. The number of nitrogens with one attached hydrogen (secondary N) is 1. The highest BCUT2D eigenvalue weighted by atomic mass is 32.1. The fourth-order valence-electron chi connectivity index (χ4n) is 3.29. The predicted molar refractivity (Wildman–Crippen MR) is 84.9 cm³/mol. The van der Waals surface area contributed by atoms with Gasteiger partial charge in [0.25, 0.3) is 0 Å². The monoisotopic (exact) mass is 293 g/mol. The van der Waals surface area contributed by atoms with Crippen LogP contribution in [0.25, 0.3) is 0 Å². The van der Waals surface area contributed by atoms with Gasteiger partial charge in [0.1, 0.15) is 5.01 Å². The molecule has 0 amide bonds. The van der Waals surface area contributed by atoms with E-state index in [0.717, 1.165) is 25.0 Å². The molecule has 1 aromatic rings. The molecule has 1 N–H and O–H groups in total. The minimum absolute atomic E-state index is 0.740. The molecule has 1 aliphatic heterocycles. The third-order valence-electron chi connectivity index (χ3n) is 4.76. The van der Waals surface area contributed by atoms with Crippen molar-refractivity contribution in [3.8, 4) is 0 Å². The summed E-state index contributed by atoms with van der Waals surface area (Å²) in [7, 11) is 0. The molecule has 1 saturated carbocycles. The molecule has 0 unspecified atom stereocenters. The van der Waals surface area contributed by atoms with Crippen LogP contribution in [0, 0.1) is 5.92 Å². The molecule has 20 heavy (non-hydrogen) atoms. The van der Waals surface area contributed by atoms with Crippen LogP contribution in [0.5, 0.6) is 0 Å². The van der Waals surface area contributed by atoms with E-state index in [2.05, 4.69) is 22.5 Å². The number of likely N-dealkylation sites (tertiary alicyclic amines) is 1. The van der Waals surface area contributed by atoms with Crippen LogP contribution in [0.2, 0.25) is 0 Å². The smallest absolute Gasteiger partial charge is 0.107 e. The van der Waals surface area contributed by atoms with Crippen LogP contribution in [0.4, 0.5) is 0 Å². The number of thiazole rings is 1. The van der Waals surface area contributed by atoms with Crippen molar-refractivity contribution < 1.29 is 0 Å². The van der Waals surface area contributed by atoms with E-state index in [-0.39, 0.29) is 0 Å². The zero-order valence-electron chi connectivity index (χ0n) is 12.6. The predicted octanol–water partition coefficient (Wildman–Crippen LogP) is 3.41. The molecule has 0 aromatic carbocycles. The van der Waals surface area contributed by atoms with Gasteiger partial charge >= 0.3 is 0 Å². The minimum Gasteiger partial charge on any atom is -0.308 e. The number of hydrogen-bond donors (Lipinski definition) is 1. The zero-order chi connectivity index (χ0) is 13.8. The number of piperidine rings is 1. The Hall–Kier alpha value is -0.450. The van der Waals surface area contributed by atoms with E-state index in [0.29, 0.717) is 0 Å². The topological polar surface area (TPSA) is 28.2 Å². The summed E-state index contributed by atoms with van der Waals surface area (Å²) in [6.45, 7) is 6.87. The van der Waals surface area contributed by atoms with Crippen molar-refractivity contribution in [2.24, 2.45) is 5.92 Å². The Labute approximate surface area is 126 Å². The second kappa shape index (κ2) is 7.01. The summed E-state index contributed by atoms with van der Waals surface area (Å²) in [5.74, 6) is 0.911. The van der Waals surface area contributed by atoms with E-state index < -0.39 is 0 Å². The standard InChI is InChI=1S/C16H27N3S/c1-13-6-8-19(9-7-13)11-16-18-15(12-20-16)10-17-14-4-2-3-5-14/h12-14,17H,2-11H2,1H3. The lowest BCUT2D eigenvalue weighted by Gasteiger charge is -2.29. The third kappa shape index (κ3) is 4.03. The van der Waals surface area contributed by atoms with Crippen molar-refractivity contribution >= 4 is 11.3 Å². The van der Waals surface area contributed by atoms with E-state index in [4.69, 9.17) is 4.98 Å². The summed E-state index contributed by atoms with van der Waals surface area (Å²) >= 11 is 1.83. The highest BCUT2D eigenvalue weighted by Crippen LogP contribution is 2.21. The van der Waals surface area contributed by atoms with Gasteiger partial charge in [-0.3, -0.25) is 4.90 Å². The van der Waals surface area contributed by atoms with Gasteiger partial charge < -0.3 is 5.32 Å². The van der Waals surface area contributed by atoms with Crippen molar-refractivity contribution in [3.05, 3.63) is 16.1 Å². The van der Waals surface area contributed by atoms with Gasteiger partial charge in [-0.05, 0) is 44.7 Å². The highest BCUT2D eigenvalue weighted by molar-refractivity contribution is 7.09. The lowest BCUT2D eigenvalue weighted by atomic mass is 9.99. The van der Waals surface area contributed by atoms with Gasteiger partial charge in [0.2, 0.25) is 0 Å². The molecule has 0 bridgehead atoms. The zero-order valence-corrected chi connectivity index (χ0v) is 13.4. The van der Waals surface area contributed by atoms with E-state index >= 15 is 0 Å². The molecular weight excluding hydrogens is 266 g/mol. The number of aromatic nitrogens is 1. The molecule has 2 aliphatic rings. The SMILES string of the molecule is CC1CCN(Cc2nc(CNC3CCCC3)cs2)CC1. The Bertz CT molecular complexity index is 404. The number of hydrogen-bond acceptors (Lipinski definition) is 4. The van der Waals surface area contributed by atoms with Crippen LogP contribution in [0.15, 0.2) is 5.38 Å². The summed E-state index contributed by atoms with van der Waals surface area (Å²) in [6.07, 6.45) is 8.19. The summed E-state index contributed by atoms with van der Waals surface area (Å²) in [5, 5.41) is 7.19. The maximum absolute atomic E-state index is 4.80. The van der Waals surface area contributed by atoms with Crippen LogP contribution in [0.1, 0.15) is 56.2 Å². The molecule has 0 atom stereocenters. The number of nitrogens with zero attached hydrogens (tertiary/aromatic N) is 2. The van der Waals surface area contributed by atoms with Crippen LogP contribution in [-0.4, -0.2) is 29.0 Å². The van der Waals surface area contributed by atoms with Crippen molar-refractivity contribution in [2.75, 3.05) is 13.1 Å². The average Bonchev–Trinajstić information content (AvgIpc) is 3.10. The highest BCUT2D eigenvalue weighted by Gasteiger charge is 2.17. The van der Waals surface area contributed by atoms with Gasteiger partial charge in [-0.25, -0.2) is 4.98 Å². The average molecular weight is 293 g/mol. The summed E-state index contributed by atoms with van der Waals surface area (Å²) in [5.41, 5.74) is 1.24. The quantitative estimate of drug-likeness (QED) is 0.902. The first kappa shape index (κ1) is 14.5. The van der Waals surface area contributed by atoms with Gasteiger partial charge in [0.05, 0.1) is 12.2 Å². The van der Waals surface area contributed by atoms with Crippen molar-refractivity contribution in [3.63, 3.8) is 0 Å². The first-order valence-electron chi connectivity index (χ1n) is 8.18. The Morgan fingerprint density at radius 1 is 1.25 bits per heavy atom. The summed E-state index contributed by atoms with van der Waals surface area (Å²) in [6, 6.07) is 0.740. The Morgan fingerprint density at radius 3 is 2.75 bits per heavy atom. The Morgan fingerprint density at radius 2 is 2.00 bits per heavy atom. The maximum Gasteiger partial charge on any atom is 0.107 e. The third-order valence-corrected chi connectivity index (χ3v) is 5.64. The lowest BCUT2D eigenvalue weighted by molar-refractivity contribution is 0.185. The normalized spacial score (nSPS) is 22.6. The molecule has 3 nitrogen and oxygen atoms in total. The molecule has 3 rings (SSSR count). The second-order valence-corrected chi connectivity index (χ2v) is 7.50. The van der Waals surface area contributed by atoms with Crippen molar-refractivity contribution in [1.82, 2.24) is 15.2 Å². The minimum atomic E-state index is 0.740. The molecular formula is C16H27N3S. The molecule has 2 heterocycles. The summed E-state index contributed by atoms with van der Waals surface area (Å²) < 4.78 is 0. The van der Waals surface area contributed by atoms with E-state index in [1.165, 1.54) is 62.3 Å². The number of rotatable bonds is 5. The van der Waals surface area contributed by atoms with Crippen LogP contribution < -0.4 is 5.32 Å². The van der Waals surface area contributed by atoms with Gasteiger partial charge in [0.15, 0.2) is 0 Å². The summed E-state index contributed by atoms with van der Waals surface area (Å²) in [4.78, 5) is 7.36. The first-order valence-corrected chi connectivity index (χ1v) is 9.06. The van der Waals surface area contributed by atoms with Crippen LogP contribution >= 0.6 is 11.3 Å². The molecule has 1 saturated heterocycles. The lowest BCUT2D eigenvalue weighted by Crippen LogP contribution is -2.32. The van der Waals surface area contributed by atoms with Crippen molar-refractivity contribution in [2.45, 2.75) is 64.6 Å². The maximum atomic E-state index is 4.80. The van der Waals surface area contributed by atoms with E-state index in [1.807, 2.05) is 11.3 Å². The first-order chi connectivity index (χ1) is 9.79. The molecule has 1 aliphatic carbocycles. The van der Waals surface area contributed by atoms with Crippen molar-refractivity contribution in [1.29, 1.82) is 0 Å². The molecule has 0 radical (unpaired) electrons. The molecule has 4 heteroatoms. The fraction of sp³-hybridized carbons (Fsp3) is 0.812. The van der Waals surface area contributed by atoms with Crippen LogP contribution in [0.3, 0.4) is 0 Å². The molecule has 2 fully saturated rings.